The van der Waals surface area contributed by atoms with Crippen LogP contribution < -0.4 is 4.90 Å². The normalized spacial score (nSPS) is 17.5. The molecule has 0 saturated carbocycles. The van der Waals surface area contributed by atoms with Crippen molar-refractivity contribution in [1.82, 2.24) is 24.7 Å². The van der Waals surface area contributed by atoms with Gasteiger partial charge in [-0.1, -0.05) is 18.2 Å². The van der Waals surface area contributed by atoms with Crippen molar-refractivity contribution in [3.05, 3.63) is 54.6 Å². The maximum Gasteiger partial charge on any atom is 0.227 e. The Balaban J connectivity index is 1.42. The van der Waals surface area contributed by atoms with Crippen LogP contribution in [0.3, 0.4) is 0 Å². The molecule has 0 N–H and O–H groups in total. The highest BCUT2D eigenvalue weighted by molar-refractivity contribution is 5.72. The minimum absolute atomic E-state index is 0.251. The Morgan fingerprint density at radius 1 is 1.07 bits per heavy atom. The van der Waals surface area contributed by atoms with Crippen LogP contribution in [-0.4, -0.2) is 37.8 Å². The summed E-state index contributed by atoms with van der Waals surface area (Å²) in [5, 5.41) is 8.80. The molecule has 1 fully saturated rings. The second kappa shape index (κ2) is 6.50. The number of hydrogen-bond acceptors (Lipinski definition) is 6. The maximum atomic E-state index is 6.01. The van der Waals surface area contributed by atoms with E-state index in [9.17, 15) is 0 Å². The highest BCUT2D eigenvalue weighted by atomic mass is 16.3. The van der Waals surface area contributed by atoms with E-state index < -0.39 is 0 Å². The SMILES string of the molecule is Cn1c(-c2ccccn2)nnc1N1CCCC(c2nc3ccccc3o2)C1. The van der Waals surface area contributed by atoms with Gasteiger partial charge in [0.1, 0.15) is 11.2 Å². The van der Waals surface area contributed by atoms with E-state index in [1.54, 1.807) is 6.20 Å². The van der Waals surface area contributed by atoms with Crippen LogP contribution >= 0.6 is 0 Å². The van der Waals surface area contributed by atoms with Crippen LogP contribution in [0.2, 0.25) is 0 Å². The molecular weight excluding hydrogens is 340 g/mol. The fraction of sp³-hybridized carbons (Fsp3) is 0.300. The highest BCUT2D eigenvalue weighted by Gasteiger charge is 2.28. The van der Waals surface area contributed by atoms with Gasteiger partial charge in [-0.3, -0.25) is 9.55 Å². The van der Waals surface area contributed by atoms with Crippen LogP contribution in [0.25, 0.3) is 22.6 Å². The first kappa shape index (κ1) is 16.0. The third-order valence-electron chi connectivity index (χ3n) is 5.11. The van der Waals surface area contributed by atoms with Gasteiger partial charge in [0.05, 0.1) is 5.92 Å². The third kappa shape index (κ3) is 2.85. The fourth-order valence-corrected chi connectivity index (χ4v) is 3.74. The molecule has 0 bridgehead atoms. The fourth-order valence-electron chi connectivity index (χ4n) is 3.74. The first-order chi connectivity index (χ1) is 13.3. The molecule has 0 radical (unpaired) electrons. The second-order valence-corrected chi connectivity index (χ2v) is 6.90. The average molecular weight is 360 g/mol. The van der Waals surface area contributed by atoms with E-state index in [1.165, 1.54) is 0 Å². The van der Waals surface area contributed by atoms with Crippen LogP contribution in [0.1, 0.15) is 24.7 Å². The zero-order chi connectivity index (χ0) is 18.2. The molecule has 1 aliphatic heterocycles. The summed E-state index contributed by atoms with van der Waals surface area (Å²) in [4.78, 5) is 11.3. The summed E-state index contributed by atoms with van der Waals surface area (Å²) in [5.41, 5.74) is 2.59. The first-order valence-electron chi connectivity index (χ1n) is 9.21. The predicted molar refractivity (Wildman–Crippen MR) is 102 cm³/mol. The summed E-state index contributed by atoms with van der Waals surface area (Å²) in [6.07, 6.45) is 3.90. The molecule has 0 amide bonds. The van der Waals surface area contributed by atoms with Gasteiger partial charge in [-0.15, -0.1) is 10.2 Å². The number of para-hydroxylation sites is 2. The van der Waals surface area contributed by atoms with E-state index in [2.05, 4.69) is 20.1 Å². The molecule has 1 aliphatic rings. The lowest BCUT2D eigenvalue weighted by atomic mass is 9.98. The third-order valence-corrected chi connectivity index (χ3v) is 5.11. The Labute approximate surface area is 156 Å². The number of aromatic nitrogens is 5. The van der Waals surface area contributed by atoms with Crippen LogP contribution in [0.5, 0.6) is 0 Å². The van der Waals surface area contributed by atoms with E-state index in [-0.39, 0.29) is 5.92 Å². The Bertz CT molecular complexity index is 1040. The van der Waals surface area contributed by atoms with Gasteiger partial charge in [0.15, 0.2) is 17.3 Å². The molecular formula is C20H20N6O. The molecule has 1 atom stereocenters. The summed E-state index contributed by atoms with van der Waals surface area (Å²) in [7, 11) is 1.99. The molecule has 4 aromatic rings. The molecule has 1 saturated heterocycles. The summed E-state index contributed by atoms with van der Waals surface area (Å²) in [5.74, 6) is 2.69. The van der Waals surface area contributed by atoms with Crippen molar-refractivity contribution in [1.29, 1.82) is 0 Å². The highest BCUT2D eigenvalue weighted by Crippen LogP contribution is 2.31. The summed E-state index contributed by atoms with van der Waals surface area (Å²) in [6.45, 7) is 1.77. The molecule has 5 rings (SSSR count). The van der Waals surface area contributed by atoms with Crippen molar-refractivity contribution in [2.75, 3.05) is 18.0 Å². The van der Waals surface area contributed by atoms with Crippen molar-refractivity contribution in [2.45, 2.75) is 18.8 Å². The molecule has 7 nitrogen and oxygen atoms in total. The minimum atomic E-state index is 0.251. The average Bonchev–Trinajstić information content (AvgIpc) is 3.32. The van der Waals surface area contributed by atoms with E-state index >= 15 is 0 Å². The zero-order valence-electron chi connectivity index (χ0n) is 15.1. The monoisotopic (exact) mass is 360 g/mol. The molecule has 4 heterocycles. The number of piperidine rings is 1. The predicted octanol–water partition coefficient (Wildman–Crippen LogP) is 3.40. The van der Waals surface area contributed by atoms with Gasteiger partial charge in [0.2, 0.25) is 5.95 Å². The van der Waals surface area contributed by atoms with E-state index in [0.29, 0.717) is 0 Å². The molecule has 27 heavy (non-hydrogen) atoms. The lowest BCUT2D eigenvalue weighted by molar-refractivity contribution is 0.409. The zero-order valence-corrected chi connectivity index (χ0v) is 15.1. The van der Waals surface area contributed by atoms with Crippen LogP contribution in [0.15, 0.2) is 53.1 Å². The molecule has 3 aromatic heterocycles. The standard InChI is InChI=1S/C20H20N6O/c1-25-18(16-9-4-5-11-21-16)23-24-20(25)26-12-6-7-14(13-26)19-22-15-8-2-3-10-17(15)27-19/h2-5,8-11,14H,6-7,12-13H2,1H3. The van der Waals surface area contributed by atoms with Crippen LogP contribution in [0, 0.1) is 0 Å². The number of benzene rings is 1. The Kier molecular flexibility index (Phi) is 3.85. The second-order valence-electron chi connectivity index (χ2n) is 6.90. The smallest absolute Gasteiger partial charge is 0.227 e. The van der Waals surface area contributed by atoms with Gasteiger partial charge in [0, 0.05) is 26.3 Å². The van der Waals surface area contributed by atoms with Crippen molar-refractivity contribution in [3.8, 4) is 11.5 Å². The van der Waals surface area contributed by atoms with Crippen molar-refractivity contribution in [2.24, 2.45) is 7.05 Å². The quantitative estimate of drug-likeness (QED) is 0.557. The number of hydrogen-bond donors (Lipinski definition) is 0. The van der Waals surface area contributed by atoms with Gasteiger partial charge in [0.25, 0.3) is 0 Å². The van der Waals surface area contributed by atoms with Gasteiger partial charge in [-0.05, 0) is 37.1 Å². The maximum absolute atomic E-state index is 6.01. The lowest BCUT2D eigenvalue weighted by Crippen LogP contribution is -2.36. The Morgan fingerprint density at radius 3 is 2.81 bits per heavy atom. The van der Waals surface area contributed by atoms with Crippen molar-refractivity contribution < 1.29 is 4.42 Å². The van der Waals surface area contributed by atoms with Crippen molar-refractivity contribution >= 4 is 17.0 Å². The lowest BCUT2D eigenvalue weighted by Gasteiger charge is -2.31. The Morgan fingerprint density at radius 2 is 1.96 bits per heavy atom. The summed E-state index contributed by atoms with van der Waals surface area (Å²) >= 11 is 0. The molecule has 7 heteroatoms. The van der Waals surface area contributed by atoms with E-state index in [0.717, 1.165) is 60.4 Å². The van der Waals surface area contributed by atoms with Crippen LogP contribution in [0.4, 0.5) is 5.95 Å². The number of anilines is 1. The molecule has 0 spiro atoms. The van der Waals surface area contributed by atoms with Crippen molar-refractivity contribution in [3.63, 3.8) is 0 Å². The number of rotatable bonds is 3. The summed E-state index contributed by atoms with van der Waals surface area (Å²) < 4.78 is 8.02. The van der Waals surface area contributed by atoms with Crippen LogP contribution in [-0.2, 0) is 7.05 Å². The molecule has 1 unspecified atom stereocenters. The number of nitrogens with zero attached hydrogens (tertiary/aromatic N) is 6. The van der Waals surface area contributed by atoms with Gasteiger partial charge < -0.3 is 9.32 Å². The number of fused-ring (bicyclic) bond motifs is 1. The first-order valence-corrected chi connectivity index (χ1v) is 9.21. The number of oxazole rings is 1. The van der Waals surface area contributed by atoms with Gasteiger partial charge in [-0.2, -0.15) is 0 Å². The van der Waals surface area contributed by atoms with Gasteiger partial charge in [-0.25, -0.2) is 4.98 Å². The van der Waals surface area contributed by atoms with E-state index in [1.807, 2.05) is 54.1 Å². The minimum Gasteiger partial charge on any atom is -0.440 e. The molecule has 0 aliphatic carbocycles. The number of pyridine rings is 1. The summed E-state index contributed by atoms with van der Waals surface area (Å²) in [6, 6.07) is 13.7. The largest absolute Gasteiger partial charge is 0.440 e. The molecule has 1 aromatic carbocycles. The van der Waals surface area contributed by atoms with Gasteiger partial charge >= 0.3 is 0 Å². The Hall–Kier alpha value is -3.22. The van der Waals surface area contributed by atoms with E-state index in [4.69, 9.17) is 9.40 Å². The topological polar surface area (TPSA) is 72.9 Å². The molecule has 136 valence electrons.